The molecule has 0 bridgehead atoms. The van der Waals surface area contributed by atoms with Gasteiger partial charge in [0.25, 0.3) is 0 Å². The van der Waals surface area contributed by atoms with Crippen LogP contribution >= 0.6 is 0 Å². The molecule has 0 radical (unpaired) electrons. The third kappa shape index (κ3) is 2.57. The SMILES string of the molecule is CC1=CC(N)N=C2CCC(C)(c3ccc(N(C)C)nn3)C=C12. The summed E-state index contributed by atoms with van der Waals surface area (Å²) in [4.78, 5) is 6.52. The molecular weight excluding hydrogens is 274 g/mol. The molecule has 2 unspecified atom stereocenters. The number of aliphatic imine (C=N–C) groups is 1. The smallest absolute Gasteiger partial charge is 0.150 e. The molecule has 0 saturated carbocycles. The van der Waals surface area contributed by atoms with E-state index in [-0.39, 0.29) is 11.6 Å². The lowest BCUT2D eigenvalue weighted by Crippen LogP contribution is -2.32. The minimum absolute atomic E-state index is 0.108. The zero-order valence-corrected chi connectivity index (χ0v) is 13.7. The Balaban J connectivity index is 1.97. The summed E-state index contributed by atoms with van der Waals surface area (Å²) in [6.07, 6.45) is 6.01. The lowest BCUT2D eigenvalue weighted by Gasteiger charge is -2.34. The Morgan fingerprint density at radius 1 is 1.27 bits per heavy atom. The number of nitrogens with zero attached hydrogens (tertiary/aromatic N) is 4. The molecular formula is C17H23N5. The van der Waals surface area contributed by atoms with E-state index < -0.39 is 0 Å². The van der Waals surface area contributed by atoms with Crippen molar-refractivity contribution in [1.29, 1.82) is 0 Å². The van der Waals surface area contributed by atoms with Gasteiger partial charge in [-0.1, -0.05) is 13.0 Å². The van der Waals surface area contributed by atoms with E-state index in [0.29, 0.717) is 0 Å². The van der Waals surface area contributed by atoms with E-state index in [9.17, 15) is 0 Å². The Bertz CT molecular complexity index is 669. The molecule has 0 fully saturated rings. The van der Waals surface area contributed by atoms with Gasteiger partial charge in [-0.2, -0.15) is 5.10 Å². The number of dihydropyridines is 1. The number of rotatable bonds is 2. The van der Waals surface area contributed by atoms with Gasteiger partial charge in [0.05, 0.1) is 5.69 Å². The standard InChI is InChI=1S/C17H23N5/c1-11-9-15(18)19-13-7-8-17(2,10-12(11)13)14-5-6-16(21-20-14)22(3)4/h5-6,9-10,15H,7-8,18H2,1-4H3. The summed E-state index contributed by atoms with van der Waals surface area (Å²) >= 11 is 0. The normalized spacial score (nSPS) is 27.5. The fourth-order valence-electron chi connectivity index (χ4n) is 3.10. The number of hydrogen-bond acceptors (Lipinski definition) is 5. The maximum atomic E-state index is 5.94. The highest BCUT2D eigenvalue weighted by molar-refractivity contribution is 6.05. The molecule has 0 spiro atoms. The Morgan fingerprint density at radius 2 is 2.05 bits per heavy atom. The molecule has 0 saturated heterocycles. The van der Waals surface area contributed by atoms with Crippen LogP contribution in [0.3, 0.4) is 0 Å². The molecule has 116 valence electrons. The maximum absolute atomic E-state index is 5.94. The molecule has 0 aromatic carbocycles. The number of allylic oxidation sites excluding steroid dienone is 3. The van der Waals surface area contributed by atoms with Crippen LogP contribution in [0, 0.1) is 0 Å². The van der Waals surface area contributed by atoms with E-state index in [2.05, 4.69) is 41.2 Å². The van der Waals surface area contributed by atoms with Gasteiger partial charge >= 0.3 is 0 Å². The van der Waals surface area contributed by atoms with Crippen molar-refractivity contribution in [2.75, 3.05) is 19.0 Å². The van der Waals surface area contributed by atoms with Crippen LogP contribution in [0.2, 0.25) is 0 Å². The Hall–Kier alpha value is -2.01. The van der Waals surface area contributed by atoms with Crippen LogP contribution in [-0.4, -0.2) is 36.2 Å². The fourth-order valence-corrected chi connectivity index (χ4v) is 3.10. The lowest BCUT2D eigenvalue weighted by atomic mass is 9.73. The van der Waals surface area contributed by atoms with Crippen LogP contribution in [0.5, 0.6) is 0 Å². The molecule has 5 heteroatoms. The highest BCUT2D eigenvalue weighted by Gasteiger charge is 2.33. The number of anilines is 1. The average Bonchev–Trinajstić information content (AvgIpc) is 2.48. The van der Waals surface area contributed by atoms with E-state index in [1.807, 2.05) is 31.1 Å². The Labute approximate surface area is 131 Å². The van der Waals surface area contributed by atoms with Gasteiger partial charge in [-0.05, 0) is 49.1 Å². The quantitative estimate of drug-likeness (QED) is 0.909. The summed E-state index contributed by atoms with van der Waals surface area (Å²) in [5, 5.41) is 8.77. The van der Waals surface area contributed by atoms with E-state index in [4.69, 9.17) is 5.73 Å². The van der Waals surface area contributed by atoms with Gasteiger partial charge in [0, 0.05) is 25.2 Å². The zero-order valence-electron chi connectivity index (χ0n) is 13.7. The van der Waals surface area contributed by atoms with Gasteiger partial charge in [-0.25, -0.2) is 0 Å². The van der Waals surface area contributed by atoms with Crippen molar-refractivity contribution in [3.05, 3.63) is 41.1 Å². The van der Waals surface area contributed by atoms with Gasteiger partial charge in [-0.3, -0.25) is 4.99 Å². The van der Waals surface area contributed by atoms with Crippen LogP contribution in [0.1, 0.15) is 32.4 Å². The largest absolute Gasteiger partial charge is 0.361 e. The first-order chi connectivity index (χ1) is 10.4. The van der Waals surface area contributed by atoms with Crippen LogP contribution in [-0.2, 0) is 5.41 Å². The summed E-state index contributed by atoms with van der Waals surface area (Å²) in [7, 11) is 3.94. The van der Waals surface area contributed by atoms with E-state index in [0.717, 1.165) is 30.1 Å². The van der Waals surface area contributed by atoms with Gasteiger partial charge < -0.3 is 10.6 Å². The van der Waals surface area contributed by atoms with Crippen LogP contribution in [0.25, 0.3) is 0 Å². The molecule has 1 aromatic heterocycles. The van der Waals surface area contributed by atoms with E-state index in [1.165, 1.54) is 11.1 Å². The molecule has 2 heterocycles. The average molecular weight is 297 g/mol. The Kier molecular flexibility index (Phi) is 3.60. The molecule has 3 rings (SSSR count). The molecule has 1 aromatic rings. The fraction of sp³-hybridized carbons (Fsp3) is 0.471. The highest BCUT2D eigenvalue weighted by Crippen LogP contribution is 2.38. The van der Waals surface area contributed by atoms with Crippen molar-refractivity contribution in [3.63, 3.8) is 0 Å². The summed E-state index contributed by atoms with van der Waals surface area (Å²) in [5.41, 5.74) is 10.4. The highest BCUT2D eigenvalue weighted by atomic mass is 15.2. The molecule has 2 aliphatic rings. The van der Waals surface area contributed by atoms with Crippen molar-refractivity contribution < 1.29 is 0 Å². The molecule has 1 aliphatic heterocycles. The minimum Gasteiger partial charge on any atom is -0.361 e. The molecule has 1 aliphatic carbocycles. The third-order valence-electron chi connectivity index (χ3n) is 4.50. The number of fused-ring (bicyclic) bond motifs is 1. The van der Waals surface area contributed by atoms with Crippen LogP contribution in [0.15, 0.2) is 40.4 Å². The lowest BCUT2D eigenvalue weighted by molar-refractivity contribution is 0.516. The van der Waals surface area contributed by atoms with Crippen LogP contribution < -0.4 is 10.6 Å². The summed E-state index contributed by atoms with van der Waals surface area (Å²) in [5.74, 6) is 0.873. The molecule has 0 amide bonds. The summed E-state index contributed by atoms with van der Waals surface area (Å²) in [6, 6.07) is 4.10. The summed E-state index contributed by atoms with van der Waals surface area (Å²) in [6.45, 7) is 4.32. The number of nitrogens with two attached hydrogens (primary N) is 1. The van der Waals surface area contributed by atoms with Crippen molar-refractivity contribution >= 4 is 11.5 Å². The van der Waals surface area contributed by atoms with Gasteiger partial charge in [0.1, 0.15) is 6.17 Å². The van der Waals surface area contributed by atoms with Crippen molar-refractivity contribution in [1.82, 2.24) is 10.2 Å². The maximum Gasteiger partial charge on any atom is 0.150 e. The zero-order chi connectivity index (χ0) is 15.9. The van der Waals surface area contributed by atoms with Crippen molar-refractivity contribution in [3.8, 4) is 0 Å². The molecule has 22 heavy (non-hydrogen) atoms. The minimum atomic E-state index is -0.198. The second-order valence-electron chi connectivity index (χ2n) is 6.56. The molecule has 5 nitrogen and oxygen atoms in total. The predicted molar refractivity (Wildman–Crippen MR) is 90.2 cm³/mol. The monoisotopic (exact) mass is 297 g/mol. The first-order valence-corrected chi connectivity index (χ1v) is 7.65. The third-order valence-corrected chi connectivity index (χ3v) is 4.50. The van der Waals surface area contributed by atoms with Crippen molar-refractivity contribution in [2.45, 2.75) is 38.3 Å². The molecule has 2 N–H and O–H groups in total. The van der Waals surface area contributed by atoms with Crippen LogP contribution in [0.4, 0.5) is 5.82 Å². The topological polar surface area (TPSA) is 67.4 Å². The van der Waals surface area contributed by atoms with E-state index >= 15 is 0 Å². The van der Waals surface area contributed by atoms with Gasteiger partial charge in [0.15, 0.2) is 5.82 Å². The second kappa shape index (κ2) is 5.32. The number of aromatic nitrogens is 2. The summed E-state index contributed by atoms with van der Waals surface area (Å²) < 4.78 is 0. The van der Waals surface area contributed by atoms with Gasteiger partial charge in [-0.15, -0.1) is 5.10 Å². The first kappa shape index (κ1) is 14.9. The van der Waals surface area contributed by atoms with E-state index in [1.54, 1.807) is 0 Å². The van der Waals surface area contributed by atoms with Crippen molar-refractivity contribution in [2.24, 2.45) is 10.7 Å². The second-order valence-corrected chi connectivity index (χ2v) is 6.56. The van der Waals surface area contributed by atoms with Gasteiger partial charge in [0.2, 0.25) is 0 Å². The molecule has 2 atom stereocenters. The predicted octanol–water partition coefficient (Wildman–Crippen LogP) is 2.21. The first-order valence-electron chi connectivity index (χ1n) is 7.65. The Morgan fingerprint density at radius 3 is 2.68 bits per heavy atom. The number of hydrogen-bond donors (Lipinski definition) is 1.